The summed E-state index contributed by atoms with van der Waals surface area (Å²) in [4.78, 5) is 30.6. The van der Waals surface area contributed by atoms with Crippen LogP contribution in [0.1, 0.15) is 21.5 Å². The summed E-state index contributed by atoms with van der Waals surface area (Å²) in [7, 11) is 0. The van der Waals surface area contributed by atoms with Crippen LogP contribution in [0.3, 0.4) is 0 Å². The molecule has 0 amide bonds. The van der Waals surface area contributed by atoms with Gasteiger partial charge in [0.05, 0.1) is 27.9 Å². The third kappa shape index (κ3) is 3.66. The van der Waals surface area contributed by atoms with Crippen LogP contribution in [0, 0.1) is 19.7 Å². The molecule has 6 heteroatoms. The van der Waals surface area contributed by atoms with Crippen molar-refractivity contribution in [3.63, 3.8) is 0 Å². The lowest BCUT2D eigenvalue weighted by Crippen LogP contribution is -2.23. The molecule has 0 unspecified atom stereocenters. The number of benzene rings is 3. The number of halogens is 1. The van der Waals surface area contributed by atoms with Crippen LogP contribution in [0.4, 0.5) is 4.39 Å². The van der Waals surface area contributed by atoms with Crippen molar-refractivity contribution in [2.45, 2.75) is 19.0 Å². The number of carbonyl (C=O) groups is 1. The Morgan fingerprint density at radius 2 is 1.63 bits per heavy atom. The lowest BCUT2D eigenvalue weighted by Gasteiger charge is -2.17. The molecule has 0 atom stereocenters. The van der Waals surface area contributed by atoms with Crippen molar-refractivity contribution in [1.29, 1.82) is 0 Å². The first-order chi connectivity index (χ1) is 14.5. The summed E-state index contributed by atoms with van der Waals surface area (Å²) in [5, 5.41) is 0.908. The lowest BCUT2D eigenvalue weighted by molar-refractivity contribution is 0.101. The number of fused-ring (bicyclic) bond motifs is 1. The molecule has 0 saturated carbocycles. The Hall–Kier alpha value is -3.25. The minimum atomic E-state index is -0.554. The molecule has 0 bridgehead atoms. The Morgan fingerprint density at radius 3 is 2.37 bits per heavy atom. The molecule has 0 N–H and O–H groups in total. The van der Waals surface area contributed by atoms with Gasteiger partial charge in [0.15, 0.2) is 10.9 Å². The normalized spacial score (nSPS) is 11.0. The first kappa shape index (κ1) is 20.0. The molecule has 4 rings (SSSR count). The van der Waals surface area contributed by atoms with Crippen molar-refractivity contribution < 1.29 is 9.18 Å². The van der Waals surface area contributed by atoms with E-state index in [2.05, 4.69) is 4.98 Å². The first-order valence-corrected chi connectivity index (χ1v) is 10.4. The maximum atomic E-state index is 14.0. The average molecular weight is 418 g/mol. The number of aromatic nitrogens is 2. The second-order valence-electron chi connectivity index (χ2n) is 6.98. The van der Waals surface area contributed by atoms with Gasteiger partial charge in [-0.05, 0) is 49.2 Å². The van der Waals surface area contributed by atoms with Crippen LogP contribution in [0.5, 0.6) is 0 Å². The fourth-order valence-corrected chi connectivity index (χ4v) is 4.34. The molecule has 4 aromatic rings. The van der Waals surface area contributed by atoms with Gasteiger partial charge < -0.3 is 0 Å². The first-order valence-electron chi connectivity index (χ1n) is 9.46. The third-order valence-corrected chi connectivity index (χ3v) is 5.85. The summed E-state index contributed by atoms with van der Waals surface area (Å²) in [6, 6.07) is 18.8. The van der Waals surface area contributed by atoms with E-state index in [4.69, 9.17) is 0 Å². The Labute approximate surface area is 177 Å². The van der Waals surface area contributed by atoms with Crippen molar-refractivity contribution in [3.05, 3.63) is 99.6 Å². The highest BCUT2D eigenvalue weighted by atomic mass is 32.2. The van der Waals surface area contributed by atoms with Gasteiger partial charge >= 0.3 is 0 Å². The van der Waals surface area contributed by atoms with Crippen molar-refractivity contribution in [2.24, 2.45) is 0 Å². The second kappa shape index (κ2) is 8.24. The summed E-state index contributed by atoms with van der Waals surface area (Å²) in [5.74, 6) is -0.938. The molecule has 1 aromatic heterocycles. The Morgan fingerprint density at radius 1 is 0.967 bits per heavy atom. The van der Waals surface area contributed by atoms with Gasteiger partial charge in [0.1, 0.15) is 5.82 Å². The van der Waals surface area contributed by atoms with E-state index in [1.165, 1.54) is 12.1 Å². The third-order valence-electron chi connectivity index (χ3n) is 4.91. The van der Waals surface area contributed by atoms with Gasteiger partial charge in [0.2, 0.25) is 0 Å². The number of nitrogens with zero attached hydrogens (tertiary/aromatic N) is 2. The smallest absolute Gasteiger partial charge is 0.266 e. The number of ketones is 1. The zero-order valence-electron chi connectivity index (χ0n) is 16.6. The summed E-state index contributed by atoms with van der Waals surface area (Å²) in [6.45, 7) is 3.87. The molecule has 150 valence electrons. The molecule has 0 aliphatic heterocycles. The maximum absolute atomic E-state index is 14.0. The Bertz CT molecular complexity index is 1310. The molecule has 0 radical (unpaired) electrons. The van der Waals surface area contributed by atoms with Gasteiger partial charge in [-0.2, -0.15) is 0 Å². The van der Waals surface area contributed by atoms with Crippen LogP contribution in [0.15, 0.2) is 76.7 Å². The van der Waals surface area contributed by atoms with E-state index in [0.717, 1.165) is 28.6 Å². The highest BCUT2D eigenvalue weighted by Gasteiger charge is 2.18. The largest absolute Gasteiger partial charge is 0.293 e. The minimum absolute atomic E-state index is 0.0311. The topological polar surface area (TPSA) is 52.0 Å². The van der Waals surface area contributed by atoms with Gasteiger partial charge in [-0.25, -0.2) is 9.37 Å². The number of hydrogen-bond acceptors (Lipinski definition) is 4. The predicted molar refractivity (Wildman–Crippen MR) is 118 cm³/mol. The number of thioether (sulfide) groups is 1. The van der Waals surface area contributed by atoms with Crippen LogP contribution in [-0.2, 0) is 0 Å². The van der Waals surface area contributed by atoms with Gasteiger partial charge in [0, 0.05) is 0 Å². The summed E-state index contributed by atoms with van der Waals surface area (Å²) in [6.07, 6.45) is 0. The number of hydrogen-bond donors (Lipinski definition) is 0. The van der Waals surface area contributed by atoms with Crippen molar-refractivity contribution in [1.82, 2.24) is 9.55 Å². The minimum Gasteiger partial charge on any atom is -0.293 e. The number of para-hydroxylation sites is 2. The van der Waals surface area contributed by atoms with E-state index in [1.54, 1.807) is 34.9 Å². The van der Waals surface area contributed by atoms with Gasteiger partial charge in [0.25, 0.3) is 5.56 Å². The summed E-state index contributed by atoms with van der Waals surface area (Å²) < 4.78 is 15.5. The zero-order chi connectivity index (χ0) is 21.3. The van der Waals surface area contributed by atoms with E-state index in [1.807, 2.05) is 38.1 Å². The van der Waals surface area contributed by atoms with Crippen molar-refractivity contribution in [3.8, 4) is 5.69 Å². The molecule has 0 aliphatic rings. The average Bonchev–Trinajstić information content (AvgIpc) is 2.74. The van der Waals surface area contributed by atoms with E-state index < -0.39 is 5.82 Å². The number of aryl methyl sites for hydroxylation is 2. The van der Waals surface area contributed by atoms with Crippen LogP contribution >= 0.6 is 11.8 Å². The van der Waals surface area contributed by atoms with Gasteiger partial charge in [-0.1, -0.05) is 54.2 Å². The van der Waals surface area contributed by atoms with Gasteiger partial charge in [-0.15, -0.1) is 0 Å². The molecule has 4 nitrogen and oxygen atoms in total. The van der Waals surface area contributed by atoms with Gasteiger partial charge in [-0.3, -0.25) is 14.2 Å². The van der Waals surface area contributed by atoms with E-state index >= 15 is 0 Å². The van der Waals surface area contributed by atoms with E-state index in [-0.39, 0.29) is 22.7 Å². The fourth-order valence-electron chi connectivity index (χ4n) is 3.46. The second-order valence-corrected chi connectivity index (χ2v) is 7.93. The quantitative estimate of drug-likeness (QED) is 0.257. The Kier molecular flexibility index (Phi) is 5.50. The molecule has 0 saturated heterocycles. The molecule has 0 aliphatic carbocycles. The molecule has 3 aromatic carbocycles. The van der Waals surface area contributed by atoms with Crippen LogP contribution in [-0.4, -0.2) is 21.1 Å². The van der Waals surface area contributed by atoms with E-state index in [9.17, 15) is 14.0 Å². The predicted octanol–water partition coefficient (Wildman–Crippen LogP) is 5.12. The van der Waals surface area contributed by atoms with Crippen molar-refractivity contribution >= 4 is 28.4 Å². The summed E-state index contributed by atoms with van der Waals surface area (Å²) >= 11 is 1.14. The van der Waals surface area contributed by atoms with Crippen LogP contribution in [0.2, 0.25) is 0 Å². The fraction of sp³-hybridized carbons (Fsp3) is 0.125. The SMILES string of the molecule is Cc1cccc(C)c1-n1c(SCC(=O)c2ccccc2F)nc2ccccc2c1=O. The molecule has 1 heterocycles. The maximum Gasteiger partial charge on any atom is 0.266 e. The zero-order valence-corrected chi connectivity index (χ0v) is 17.4. The Balaban J connectivity index is 1.84. The number of rotatable bonds is 5. The molecular weight excluding hydrogens is 399 g/mol. The monoisotopic (exact) mass is 418 g/mol. The van der Waals surface area contributed by atoms with E-state index in [0.29, 0.717) is 16.1 Å². The van der Waals surface area contributed by atoms with Crippen molar-refractivity contribution in [2.75, 3.05) is 5.75 Å². The van der Waals surface area contributed by atoms with Crippen LogP contribution < -0.4 is 5.56 Å². The molecule has 0 fully saturated rings. The molecule has 0 spiro atoms. The lowest BCUT2D eigenvalue weighted by atomic mass is 10.1. The molecular formula is C24H19FN2O2S. The summed E-state index contributed by atoms with van der Waals surface area (Å²) in [5.41, 5.74) is 3.01. The van der Waals surface area contributed by atoms with Crippen LogP contribution in [0.25, 0.3) is 16.6 Å². The number of Topliss-reactive ketones (excluding diaryl/α,β-unsaturated/α-hetero) is 1. The highest BCUT2D eigenvalue weighted by Crippen LogP contribution is 2.26. The highest BCUT2D eigenvalue weighted by molar-refractivity contribution is 7.99. The number of carbonyl (C=O) groups excluding carboxylic acids is 1. The molecule has 30 heavy (non-hydrogen) atoms. The standard InChI is InChI=1S/C24H19FN2O2S/c1-15-8-7-9-16(2)22(15)27-23(29)18-11-4-6-13-20(18)26-24(27)30-14-21(28)17-10-3-5-12-19(17)25/h3-13H,14H2,1-2H3.